The highest BCUT2D eigenvalue weighted by Gasteiger charge is 2.21. The Kier molecular flexibility index (Phi) is 3.57. The van der Waals surface area contributed by atoms with Crippen molar-refractivity contribution in [3.63, 3.8) is 0 Å². The Morgan fingerprint density at radius 2 is 1.77 bits per heavy atom. The maximum atomic E-state index is 6.22. The lowest BCUT2D eigenvalue weighted by atomic mass is 10.1. The van der Waals surface area contributed by atoms with Gasteiger partial charge < -0.3 is 10.5 Å². The van der Waals surface area contributed by atoms with Gasteiger partial charge in [0, 0.05) is 16.6 Å². The summed E-state index contributed by atoms with van der Waals surface area (Å²) in [7, 11) is 1.68. The van der Waals surface area contributed by atoms with Gasteiger partial charge >= 0.3 is 0 Å². The SMILES string of the molecule is COc1ccc(C)c(-n2c3nc(C)c(C)cc3c3c(N)ncnc32)c1C. The van der Waals surface area contributed by atoms with E-state index in [9.17, 15) is 0 Å². The molecule has 132 valence electrons. The number of nitrogens with two attached hydrogens (primary N) is 1. The van der Waals surface area contributed by atoms with Crippen LogP contribution in [0.2, 0.25) is 0 Å². The summed E-state index contributed by atoms with van der Waals surface area (Å²) in [5.41, 5.74) is 13.0. The van der Waals surface area contributed by atoms with Gasteiger partial charge in [0.1, 0.15) is 23.5 Å². The third-order valence-corrected chi connectivity index (χ3v) is 5.02. The molecule has 26 heavy (non-hydrogen) atoms. The zero-order valence-electron chi connectivity index (χ0n) is 15.6. The van der Waals surface area contributed by atoms with Gasteiger partial charge in [0.2, 0.25) is 0 Å². The predicted octanol–water partition coefficient (Wildman–Crippen LogP) is 3.79. The average Bonchev–Trinajstić information content (AvgIpc) is 2.91. The van der Waals surface area contributed by atoms with Gasteiger partial charge in [0.15, 0.2) is 5.65 Å². The monoisotopic (exact) mass is 347 g/mol. The molecule has 0 fully saturated rings. The van der Waals surface area contributed by atoms with Crippen molar-refractivity contribution in [2.45, 2.75) is 27.7 Å². The number of nitrogens with zero attached hydrogens (tertiary/aromatic N) is 4. The molecule has 0 aliphatic heterocycles. The van der Waals surface area contributed by atoms with Gasteiger partial charge in [-0.1, -0.05) is 6.07 Å². The molecule has 4 aromatic rings. The maximum Gasteiger partial charge on any atom is 0.152 e. The summed E-state index contributed by atoms with van der Waals surface area (Å²) in [4.78, 5) is 13.6. The molecule has 3 heterocycles. The lowest BCUT2D eigenvalue weighted by Crippen LogP contribution is -2.04. The molecule has 0 aliphatic carbocycles. The standard InChI is InChI=1S/C20H21N5O/c1-10-6-7-15(26-5)12(3)17(10)25-19-14(8-11(2)13(4)24-19)16-18(21)22-9-23-20(16)25/h6-9H,1-5H3,(H2,21,22,23). The minimum Gasteiger partial charge on any atom is -0.496 e. The molecule has 6 heteroatoms. The van der Waals surface area contributed by atoms with Gasteiger partial charge in [-0.25, -0.2) is 15.0 Å². The highest BCUT2D eigenvalue weighted by atomic mass is 16.5. The van der Waals surface area contributed by atoms with Crippen LogP contribution in [0.15, 0.2) is 24.5 Å². The largest absolute Gasteiger partial charge is 0.496 e. The fourth-order valence-electron chi connectivity index (χ4n) is 3.56. The first kappa shape index (κ1) is 16.3. The highest BCUT2D eigenvalue weighted by molar-refractivity contribution is 6.11. The molecule has 0 bridgehead atoms. The Hall–Kier alpha value is -3.15. The van der Waals surface area contributed by atoms with Crippen LogP contribution in [0.1, 0.15) is 22.4 Å². The topological polar surface area (TPSA) is 78.9 Å². The molecule has 0 spiro atoms. The minimum atomic E-state index is 0.460. The molecule has 0 radical (unpaired) electrons. The third-order valence-electron chi connectivity index (χ3n) is 5.02. The van der Waals surface area contributed by atoms with Crippen LogP contribution in [-0.2, 0) is 0 Å². The van der Waals surface area contributed by atoms with Crippen molar-refractivity contribution in [2.24, 2.45) is 0 Å². The van der Waals surface area contributed by atoms with Crippen LogP contribution in [0.3, 0.4) is 0 Å². The van der Waals surface area contributed by atoms with Crippen LogP contribution in [0.5, 0.6) is 5.75 Å². The molecule has 3 aromatic heterocycles. The molecular formula is C20H21N5O. The summed E-state index contributed by atoms with van der Waals surface area (Å²) in [5.74, 6) is 1.29. The number of ether oxygens (including phenoxy) is 1. The molecule has 0 saturated carbocycles. The molecule has 0 unspecified atom stereocenters. The van der Waals surface area contributed by atoms with Gasteiger partial charge in [-0.2, -0.15) is 0 Å². The minimum absolute atomic E-state index is 0.460. The summed E-state index contributed by atoms with van der Waals surface area (Å²) in [6, 6.07) is 6.14. The number of fused-ring (bicyclic) bond motifs is 3. The first-order valence-corrected chi connectivity index (χ1v) is 8.47. The zero-order valence-corrected chi connectivity index (χ0v) is 15.6. The number of hydrogen-bond acceptors (Lipinski definition) is 5. The van der Waals surface area contributed by atoms with Gasteiger partial charge in [0.25, 0.3) is 0 Å². The van der Waals surface area contributed by atoms with E-state index in [-0.39, 0.29) is 0 Å². The predicted molar refractivity (Wildman–Crippen MR) is 104 cm³/mol. The van der Waals surface area contributed by atoms with E-state index in [4.69, 9.17) is 15.5 Å². The fourth-order valence-corrected chi connectivity index (χ4v) is 3.56. The smallest absolute Gasteiger partial charge is 0.152 e. The van der Waals surface area contributed by atoms with E-state index in [1.807, 2.05) is 32.9 Å². The van der Waals surface area contributed by atoms with E-state index in [0.717, 1.165) is 55.9 Å². The molecule has 0 atom stereocenters. The number of anilines is 1. The number of nitrogen functional groups attached to an aromatic ring is 1. The van der Waals surface area contributed by atoms with Crippen LogP contribution in [0.25, 0.3) is 27.8 Å². The van der Waals surface area contributed by atoms with Crippen LogP contribution >= 0.6 is 0 Å². The summed E-state index contributed by atoms with van der Waals surface area (Å²) in [6.07, 6.45) is 1.50. The Labute approximate surface area is 151 Å². The molecule has 6 nitrogen and oxygen atoms in total. The molecule has 1 aromatic carbocycles. The van der Waals surface area contributed by atoms with E-state index in [1.54, 1.807) is 7.11 Å². The zero-order chi connectivity index (χ0) is 18.6. The Bertz CT molecular complexity index is 1180. The van der Waals surface area contributed by atoms with E-state index in [1.165, 1.54) is 6.33 Å². The molecule has 2 N–H and O–H groups in total. The van der Waals surface area contributed by atoms with Gasteiger partial charge in [-0.3, -0.25) is 4.57 Å². The molecule has 4 rings (SSSR count). The maximum absolute atomic E-state index is 6.22. The number of pyridine rings is 1. The van der Waals surface area contributed by atoms with Crippen molar-refractivity contribution in [2.75, 3.05) is 12.8 Å². The van der Waals surface area contributed by atoms with Crippen molar-refractivity contribution in [3.05, 3.63) is 46.9 Å². The number of rotatable bonds is 2. The van der Waals surface area contributed by atoms with Crippen LogP contribution in [-0.4, -0.2) is 26.6 Å². The second kappa shape index (κ2) is 5.69. The summed E-state index contributed by atoms with van der Waals surface area (Å²) in [5, 5.41) is 1.79. The average molecular weight is 347 g/mol. The highest BCUT2D eigenvalue weighted by Crippen LogP contribution is 2.37. The lowest BCUT2D eigenvalue weighted by Gasteiger charge is -2.16. The second-order valence-corrected chi connectivity index (χ2v) is 6.61. The van der Waals surface area contributed by atoms with Crippen molar-refractivity contribution < 1.29 is 4.74 Å². The van der Waals surface area contributed by atoms with Crippen molar-refractivity contribution in [1.82, 2.24) is 19.5 Å². The van der Waals surface area contributed by atoms with Gasteiger partial charge in [-0.05, 0) is 51.0 Å². The first-order valence-electron chi connectivity index (χ1n) is 8.47. The normalized spacial score (nSPS) is 11.4. The van der Waals surface area contributed by atoms with Crippen LogP contribution < -0.4 is 10.5 Å². The van der Waals surface area contributed by atoms with E-state index in [0.29, 0.717) is 5.82 Å². The Morgan fingerprint density at radius 1 is 1.00 bits per heavy atom. The molecular weight excluding hydrogens is 326 g/mol. The third kappa shape index (κ3) is 2.15. The Morgan fingerprint density at radius 3 is 2.50 bits per heavy atom. The van der Waals surface area contributed by atoms with Crippen LogP contribution in [0, 0.1) is 27.7 Å². The van der Waals surface area contributed by atoms with E-state index < -0.39 is 0 Å². The quantitative estimate of drug-likeness (QED) is 0.597. The number of methoxy groups -OCH3 is 1. The summed E-state index contributed by atoms with van der Waals surface area (Å²) in [6.45, 7) is 8.18. The van der Waals surface area contributed by atoms with Crippen LogP contribution in [0.4, 0.5) is 5.82 Å². The number of aryl methyl sites for hydroxylation is 3. The molecule has 0 amide bonds. The summed E-state index contributed by atoms with van der Waals surface area (Å²) >= 11 is 0. The first-order chi connectivity index (χ1) is 12.4. The van der Waals surface area contributed by atoms with E-state index in [2.05, 4.69) is 27.5 Å². The number of hydrogen-bond donors (Lipinski definition) is 1. The molecule has 0 aliphatic rings. The van der Waals surface area contributed by atoms with Gasteiger partial charge in [-0.15, -0.1) is 0 Å². The van der Waals surface area contributed by atoms with E-state index >= 15 is 0 Å². The molecule has 0 saturated heterocycles. The number of aromatic nitrogens is 4. The van der Waals surface area contributed by atoms with Gasteiger partial charge in [0.05, 0.1) is 18.2 Å². The number of benzene rings is 1. The Balaban J connectivity index is 2.27. The summed E-state index contributed by atoms with van der Waals surface area (Å²) < 4.78 is 7.61. The second-order valence-electron chi connectivity index (χ2n) is 6.61. The van der Waals surface area contributed by atoms with Crippen molar-refractivity contribution in [3.8, 4) is 11.4 Å². The van der Waals surface area contributed by atoms with Crippen molar-refractivity contribution >= 4 is 27.9 Å². The van der Waals surface area contributed by atoms with Crippen molar-refractivity contribution in [1.29, 1.82) is 0 Å². The lowest BCUT2D eigenvalue weighted by molar-refractivity contribution is 0.411. The fraction of sp³-hybridized carbons (Fsp3) is 0.250.